The van der Waals surface area contributed by atoms with E-state index in [-0.39, 0.29) is 17.2 Å². The number of benzene rings is 1. The van der Waals surface area contributed by atoms with Crippen molar-refractivity contribution in [3.05, 3.63) is 29.8 Å². The molecular formula is C11H13F2N3O. The van der Waals surface area contributed by atoms with Crippen LogP contribution in [0.3, 0.4) is 0 Å². The Bertz CT molecular complexity index is 423. The number of ether oxygens (including phenoxy) is 1. The lowest BCUT2D eigenvalue weighted by Crippen LogP contribution is -2.25. The molecule has 1 aliphatic carbocycles. The molecule has 1 aromatic rings. The van der Waals surface area contributed by atoms with Crippen molar-refractivity contribution in [1.82, 2.24) is 0 Å². The van der Waals surface area contributed by atoms with Crippen LogP contribution in [-0.2, 0) is 5.54 Å². The summed E-state index contributed by atoms with van der Waals surface area (Å²) in [7, 11) is 0. The zero-order chi connectivity index (χ0) is 12.5. The van der Waals surface area contributed by atoms with Crippen LogP contribution in [0.2, 0.25) is 0 Å². The van der Waals surface area contributed by atoms with E-state index in [1.165, 1.54) is 12.1 Å². The van der Waals surface area contributed by atoms with E-state index in [9.17, 15) is 8.78 Å². The maximum Gasteiger partial charge on any atom is 0.387 e. The highest BCUT2D eigenvalue weighted by Crippen LogP contribution is 2.49. The summed E-state index contributed by atoms with van der Waals surface area (Å²) in [6.07, 6.45) is 1.72. The Labute approximate surface area is 97.3 Å². The molecule has 0 amide bonds. The van der Waals surface area contributed by atoms with Gasteiger partial charge in [0.25, 0.3) is 0 Å². The Balaban J connectivity index is 2.16. The van der Waals surface area contributed by atoms with Crippen LogP contribution in [0.1, 0.15) is 18.4 Å². The molecular weight excluding hydrogens is 228 g/mol. The summed E-state index contributed by atoms with van der Waals surface area (Å²) < 4.78 is 28.2. The SMILES string of the molecule is NC(N)=NC1(c2ccc(OC(F)F)cc2)CC1. The van der Waals surface area contributed by atoms with E-state index in [2.05, 4.69) is 9.73 Å². The van der Waals surface area contributed by atoms with Crippen LogP contribution in [0.25, 0.3) is 0 Å². The van der Waals surface area contributed by atoms with Gasteiger partial charge in [0.05, 0.1) is 5.54 Å². The zero-order valence-corrected chi connectivity index (χ0v) is 9.07. The van der Waals surface area contributed by atoms with Gasteiger partial charge in [-0.25, -0.2) is 4.99 Å². The minimum atomic E-state index is -2.81. The summed E-state index contributed by atoms with van der Waals surface area (Å²) in [4.78, 5) is 4.16. The van der Waals surface area contributed by atoms with E-state index in [4.69, 9.17) is 11.5 Å². The second-order valence-electron chi connectivity index (χ2n) is 3.97. The van der Waals surface area contributed by atoms with Crippen LogP contribution in [0.4, 0.5) is 8.78 Å². The summed E-state index contributed by atoms with van der Waals surface area (Å²) in [5.74, 6) is 0.166. The first-order valence-electron chi connectivity index (χ1n) is 5.18. The minimum absolute atomic E-state index is 0.0374. The minimum Gasteiger partial charge on any atom is -0.435 e. The van der Waals surface area contributed by atoms with Crippen molar-refractivity contribution in [3.63, 3.8) is 0 Å². The monoisotopic (exact) mass is 241 g/mol. The van der Waals surface area contributed by atoms with E-state index in [0.717, 1.165) is 18.4 Å². The number of rotatable bonds is 4. The average molecular weight is 241 g/mol. The Morgan fingerprint density at radius 2 is 1.82 bits per heavy atom. The molecule has 17 heavy (non-hydrogen) atoms. The van der Waals surface area contributed by atoms with Crippen LogP contribution < -0.4 is 16.2 Å². The number of nitrogens with zero attached hydrogens (tertiary/aromatic N) is 1. The number of halogens is 2. The normalized spacial score (nSPS) is 16.6. The molecule has 0 saturated heterocycles. The fourth-order valence-corrected chi connectivity index (χ4v) is 1.78. The third-order valence-electron chi connectivity index (χ3n) is 2.68. The predicted molar refractivity (Wildman–Crippen MR) is 59.8 cm³/mol. The standard InChI is InChI=1S/C11H13F2N3O/c12-9(13)17-8-3-1-7(2-4-8)11(5-6-11)16-10(14)15/h1-4,9H,5-6H2,(H4,14,15,16). The Morgan fingerprint density at radius 1 is 1.24 bits per heavy atom. The fraction of sp³-hybridized carbons (Fsp3) is 0.364. The first-order chi connectivity index (χ1) is 8.02. The van der Waals surface area contributed by atoms with Gasteiger partial charge in [0.15, 0.2) is 5.96 Å². The predicted octanol–water partition coefficient (Wildman–Crippen LogP) is 1.55. The maximum atomic E-state index is 12.0. The van der Waals surface area contributed by atoms with Gasteiger partial charge in [-0.05, 0) is 30.5 Å². The van der Waals surface area contributed by atoms with Crippen molar-refractivity contribution in [2.75, 3.05) is 0 Å². The molecule has 0 bridgehead atoms. The molecule has 0 heterocycles. The van der Waals surface area contributed by atoms with Crippen LogP contribution in [-0.4, -0.2) is 12.6 Å². The fourth-order valence-electron chi connectivity index (χ4n) is 1.78. The van der Waals surface area contributed by atoms with E-state index in [1.807, 2.05) is 0 Å². The zero-order valence-electron chi connectivity index (χ0n) is 9.07. The summed E-state index contributed by atoms with van der Waals surface area (Å²) in [5.41, 5.74) is 11.3. The lowest BCUT2D eigenvalue weighted by Gasteiger charge is -2.11. The van der Waals surface area contributed by atoms with Gasteiger partial charge in [0.2, 0.25) is 0 Å². The van der Waals surface area contributed by atoms with Crippen molar-refractivity contribution in [1.29, 1.82) is 0 Å². The van der Waals surface area contributed by atoms with Gasteiger partial charge in [-0.15, -0.1) is 0 Å². The highest BCUT2D eigenvalue weighted by atomic mass is 19.3. The Hall–Kier alpha value is -1.85. The van der Waals surface area contributed by atoms with Crippen molar-refractivity contribution in [2.45, 2.75) is 25.0 Å². The highest BCUT2D eigenvalue weighted by molar-refractivity contribution is 5.76. The molecule has 2 rings (SSSR count). The van der Waals surface area contributed by atoms with Crippen LogP contribution >= 0.6 is 0 Å². The number of hydrogen-bond acceptors (Lipinski definition) is 2. The largest absolute Gasteiger partial charge is 0.435 e. The third kappa shape index (κ3) is 2.64. The molecule has 0 radical (unpaired) electrons. The van der Waals surface area contributed by atoms with Crippen molar-refractivity contribution < 1.29 is 13.5 Å². The summed E-state index contributed by atoms with van der Waals surface area (Å²) in [6, 6.07) is 6.39. The molecule has 1 aromatic carbocycles. The van der Waals surface area contributed by atoms with Crippen LogP contribution in [0.15, 0.2) is 29.3 Å². The maximum absolute atomic E-state index is 12.0. The average Bonchev–Trinajstić information content (AvgIpc) is 2.98. The quantitative estimate of drug-likeness (QED) is 0.620. The molecule has 4 N–H and O–H groups in total. The summed E-state index contributed by atoms with van der Waals surface area (Å²) in [6.45, 7) is -2.81. The van der Waals surface area contributed by atoms with E-state index in [1.54, 1.807) is 12.1 Å². The molecule has 1 saturated carbocycles. The molecule has 4 nitrogen and oxygen atoms in total. The Kier molecular flexibility index (Phi) is 2.87. The first kappa shape index (κ1) is 11.6. The first-order valence-corrected chi connectivity index (χ1v) is 5.18. The van der Waals surface area contributed by atoms with E-state index in [0.29, 0.717) is 0 Å². The van der Waals surface area contributed by atoms with E-state index >= 15 is 0 Å². The van der Waals surface area contributed by atoms with Gasteiger partial charge < -0.3 is 16.2 Å². The van der Waals surface area contributed by atoms with Crippen molar-refractivity contribution in [2.24, 2.45) is 16.5 Å². The molecule has 0 aromatic heterocycles. The third-order valence-corrected chi connectivity index (χ3v) is 2.68. The number of alkyl halides is 2. The number of nitrogens with two attached hydrogens (primary N) is 2. The van der Waals surface area contributed by atoms with Gasteiger partial charge in [0, 0.05) is 0 Å². The number of aliphatic imine (C=N–C) groups is 1. The van der Waals surface area contributed by atoms with Crippen LogP contribution in [0.5, 0.6) is 5.75 Å². The molecule has 92 valence electrons. The topological polar surface area (TPSA) is 73.6 Å². The number of hydrogen-bond donors (Lipinski definition) is 2. The molecule has 1 fully saturated rings. The van der Waals surface area contributed by atoms with E-state index < -0.39 is 6.61 Å². The summed E-state index contributed by atoms with van der Waals surface area (Å²) in [5, 5.41) is 0. The molecule has 6 heteroatoms. The smallest absolute Gasteiger partial charge is 0.387 e. The van der Waals surface area contributed by atoms with Gasteiger partial charge in [-0.3, -0.25) is 0 Å². The highest BCUT2D eigenvalue weighted by Gasteiger charge is 2.44. The van der Waals surface area contributed by atoms with Gasteiger partial charge >= 0.3 is 6.61 Å². The molecule has 0 atom stereocenters. The van der Waals surface area contributed by atoms with Gasteiger partial charge in [0.1, 0.15) is 5.75 Å². The Morgan fingerprint density at radius 3 is 2.24 bits per heavy atom. The van der Waals surface area contributed by atoms with Gasteiger partial charge in [-0.2, -0.15) is 8.78 Å². The summed E-state index contributed by atoms with van der Waals surface area (Å²) >= 11 is 0. The van der Waals surface area contributed by atoms with Crippen molar-refractivity contribution >= 4 is 5.96 Å². The molecule has 0 unspecified atom stereocenters. The molecule has 0 spiro atoms. The van der Waals surface area contributed by atoms with Gasteiger partial charge in [-0.1, -0.05) is 12.1 Å². The lowest BCUT2D eigenvalue weighted by molar-refractivity contribution is -0.0498. The van der Waals surface area contributed by atoms with Crippen LogP contribution in [0, 0.1) is 0 Å². The number of guanidine groups is 1. The van der Waals surface area contributed by atoms with Crippen molar-refractivity contribution in [3.8, 4) is 5.75 Å². The second kappa shape index (κ2) is 4.20. The lowest BCUT2D eigenvalue weighted by atomic mass is 10.1. The molecule has 1 aliphatic rings. The second-order valence-corrected chi connectivity index (χ2v) is 3.97. The molecule has 0 aliphatic heterocycles.